The predicted octanol–water partition coefficient (Wildman–Crippen LogP) is -0.275. The highest BCUT2D eigenvalue weighted by Crippen LogP contribution is 1.43. The third kappa shape index (κ3) is 4.31. The largest absolute Gasteiger partial charge is 0.358 e. The Hall–Kier alpha value is -0.380. The average Bonchev–Trinajstić information content (AvgIpc) is 0.811. The highest BCUT2D eigenvalue weighted by molar-refractivity contribution is 7.51. The van der Waals surface area contributed by atoms with Crippen LogP contribution in [0.4, 0.5) is 0 Å². The minimum atomic E-state index is -0.917. The molecule has 0 aromatic carbocycles. The predicted molar refractivity (Wildman–Crippen MR) is 14.4 cm³/mol. The number of nitro groups is 1. The Labute approximate surface area is 28.3 Å². The van der Waals surface area contributed by atoms with Gasteiger partial charge in [-0.25, -0.2) is 0 Å². The Morgan fingerprint density at radius 1 is 2.00 bits per heavy atom. The molecule has 0 rings (SSSR count). The van der Waals surface area contributed by atoms with Gasteiger partial charge in [0.1, 0.15) is 0 Å². The second kappa shape index (κ2) is 1.00. The van der Waals surface area contributed by atoms with Crippen LogP contribution < -0.4 is 0 Å². The molecule has 24 valence electrons. The number of hydrogen-bond donors (Lipinski definition) is 0. The molecule has 3 nitrogen and oxygen atoms in total. The molecule has 0 N–H and O–H groups in total. The van der Waals surface area contributed by atoms with E-state index in [1.54, 1.807) is 0 Å². The molecular formula is NO2S-. The van der Waals surface area contributed by atoms with Crippen molar-refractivity contribution in [3.05, 3.63) is 10.1 Å². The van der Waals surface area contributed by atoms with Gasteiger partial charge in [0, 0.05) is 0 Å². The van der Waals surface area contributed by atoms with E-state index < -0.39 is 4.33 Å². The lowest BCUT2D eigenvalue weighted by Crippen LogP contribution is -1.75. The van der Waals surface area contributed by atoms with Crippen LogP contribution in [0, 0.1) is 10.1 Å². The maximum Gasteiger partial charge on any atom is -0.0799 e. The zero-order valence-electron chi connectivity index (χ0n) is 1.67. The number of hydrogen-bond acceptors (Lipinski definition) is 3. The van der Waals surface area contributed by atoms with Crippen LogP contribution in [-0.2, 0) is 12.8 Å². The molecule has 0 aliphatic carbocycles. The third-order valence-corrected chi connectivity index (χ3v) is 0. The zero-order chi connectivity index (χ0) is 3.58. The van der Waals surface area contributed by atoms with Crippen LogP contribution in [0.1, 0.15) is 0 Å². The summed E-state index contributed by atoms with van der Waals surface area (Å²) in [6.45, 7) is 0. The maximum atomic E-state index is 8.62. The average molecular weight is 78.1 g/mol. The molecule has 0 saturated carbocycles. The lowest BCUT2D eigenvalue weighted by atomic mass is 13.4. The van der Waals surface area contributed by atoms with E-state index in [1.165, 1.54) is 0 Å². The van der Waals surface area contributed by atoms with Crippen molar-refractivity contribution in [3.63, 3.8) is 0 Å². The topological polar surface area (TPSA) is 43.1 Å². The standard InChI is InChI=1S/NO2S/c2-1(3)4/q-1. The van der Waals surface area contributed by atoms with Crippen LogP contribution >= 0.6 is 0 Å². The van der Waals surface area contributed by atoms with Crippen LogP contribution in [0.5, 0.6) is 0 Å². The first-order valence-corrected chi connectivity index (χ1v) is 0.913. The minimum absolute atomic E-state index is 0.917. The van der Waals surface area contributed by atoms with E-state index >= 15 is 0 Å². The van der Waals surface area contributed by atoms with Crippen molar-refractivity contribution >= 4 is 12.8 Å². The first-order chi connectivity index (χ1) is 1.73. The van der Waals surface area contributed by atoms with Gasteiger partial charge in [-0.15, -0.1) is 0 Å². The Morgan fingerprint density at radius 2 is 2.00 bits per heavy atom. The molecule has 0 fully saturated rings. The van der Waals surface area contributed by atoms with E-state index in [9.17, 15) is 0 Å². The summed E-state index contributed by atoms with van der Waals surface area (Å²) in [5, 5.41) is 8.62. The molecule has 0 radical (unpaired) electrons. The van der Waals surface area contributed by atoms with Crippen molar-refractivity contribution in [2.75, 3.05) is 0 Å². The van der Waals surface area contributed by atoms with Crippen molar-refractivity contribution in [1.29, 1.82) is 0 Å². The van der Waals surface area contributed by atoms with Gasteiger partial charge in [-0.1, -0.05) is 4.33 Å². The second-order valence-corrected chi connectivity index (χ2v) is 0.522. The Morgan fingerprint density at radius 3 is 2.00 bits per heavy atom. The van der Waals surface area contributed by atoms with Crippen LogP contribution in [-0.4, -0.2) is 4.33 Å². The Kier molecular flexibility index (Phi) is 0.907. The van der Waals surface area contributed by atoms with Crippen LogP contribution in [0.25, 0.3) is 0 Å². The Balaban J connectivity index is 2.80. The molecule has 0 aliphatic rings. The summed E-state index contributed by atoms with van der Waals surface area (Å²) in [5.74, 6) is 0. The van der Waals surface area contributed by atoms with Gasteiger partial charge in [0.25, 0.3) is 0 Å². The van der Waals surface area contributed by atoms with E-state index in [4.69, 9.17) is 10.1 Å². The van der Waals surface area contributed by atoms with Crippen LogP contribution in [0.3, 0.4) is 0 Å². The van der Waals surface area contributed by atoms with Crippen molar-refractivity contribution < 1.29 is 4.33 Å². The van der Waals surface area contributed by atoms with E-state index in [0.717, 1.165) is 0 Å². The lowest BCUT2D eigenvalue weighted by molar-refractivity contribution is -0.281. The first-order valence-electron chi connectivity index (χ1n) is 0.548. The monoisotopic (exact) mass is 78.0 g/mol. The highest BCUT2D eigenvalue weighted by atomic mass is 32.1. The molecule has 0 aromatic heterocycles. The number of nitrogens with zero attached hydrogens (tertiary/aromatic N) is 1. The fourth-order valence-corrected chi connectivity index (χ4v) is 0. The van der Waals surface area contributed by atoms with Gasteiger partial charge >= 0.3 is 0 Å². The fourth-order valence-electron chi connectivity index (χ4n) is 0. The van der Waals surface area contributed by atoms with Gasteiger partial charge in [0.15, 0.2) is 0 Å². The molecule has 0 saturated heterocycles. The normalized spacial score (nSPS) is 6.00. The second-order valence-electron chi connectivity index (χ2n) is 0.224. The van der Waals surface area contributed by atoms with Gasteiger partial charge in [0.05, 0.1) is 0 Å². The smallest absolute Gasteiger partial charge is 0.0799 e. The third-order valence-electron chi connectivity index (χ3n) is 0. The van der Waals surface area contributed by atoms with E-state index in [1.807, 2.05) is 0 Å². The minimum Gasteiger partial charge on any atom is -0.358 e. The lowest BCUT2D eigenvalue weighted by Gasteiger charge is -1.78. The summed E-state index contributed by atoms with van der Waals surface area (Å²) in [4.78, 5) is 8.62. The molecule has 0 bridgehead atoms. The molecule has 4 heteroatoms. The quantitative estimate of drug-likeness (QED) is 0.227. The van der Waals surface area contributed by atoms with Crippen molar-refractivity contribution in [1.82, 2.24) is 0 Å². The fraction of sp³-hybridized carbons (Fsp3) is 0. The summed E-state index contributed by atoms with van der Waals surface area (Å²) in [7, 11) is 0. The summed E-state index contributed by atoms with van der Waals surface area (Å²) in [5.41, 5.74) is 0. The number of rotatable bonds is 0. The SMILES string of the molecule is O=[N+]([O-])[S-]. The highest BCUT2D eigenvalue weighted by Gasteiger charge is 1.39. The molecule has 0 spiro atoms. The molecular weight excluding hydrogens is 78.1 g/mol. The molecule has 0 amide bonds. The van der Waals surface area contributed by atoms with Gasteiger partial charge in [0.2, 0.25) is 0 Å². The van der Waals surface area contributed by atoms with Crippen molar-refractivity contribution in [3.8, 4) is 0 Å². The van der Waals surface area contributed by atoms with Crippen LogP contribution in [0.2, 0.25) is 0 Å². The van der Waals surface area contributed by atoms with Crippen molar-refractivity contribution in [2.45, 2.75) is 0 Å². The maximum absolute atomic E-state index is 8.62. The first kappa shape index (κ1) is 3.62. The summed E-state index contributed by atoms with van der Waals surface area (Å²) in [6.07, 6.45) is 0. The zero-order valence-corrected chi connectivity index (χ0v) is 2.49. The van der Waals surface area contributed by atoms with Gasteiger partial charge in [-0.3, -0.25) is 10.1 Å². The Bertz CT molecular complexity index is 29.0. The molecule has 0 unspecified atom stereocenters. The van der Waals surface area contributed by atoms with E-state index in [2.05, 4.69) is 12.8 Å². The van der Waals surface area contributed by atoms with Crippen LogP contribution in [0.15, 0.2) is 0 Å². The van der Waals surface area contributed by atoms with Gasteiger partial charge in [-0.05, 0) is 0 Å². The van der Waals surface area contributed by atoms with Gasteiger partial charge < -0.3 is 12.8 Å². The van der Waals surface area contributed by atoms with Crippen molar-refractivity contribution in [2.24, 2.45) is 0 Å². The van der Waals surface area contributed by atoms with E-state index in [-0.39, 0.29) is 0 Å². The molecule has 0 heterocycles. The molecule has 0 aromatic rings. The summed E-state index contributed by atoms with van der Waals surface area (Å²) < 4.78 is -0.917. The molecule has 0 aliphatic heterocycles. The van der Waals surface area contributed by atoms with Gasteiger partial charge in [-0.2, -0.15) is 0 Å². The summed E-state index contributed by atoms with van der Waals surface area (Å²) >= 11 is 3.34. The molecule has 0 atom stereocenters. The summed E-state index contributed by atoms with van der Waals surface area (Å²) in [6, 6.07) is 0. The van der Waals surface area contributed by atoms with E-state index in [0.29, 0.717) is 0 Å². The molecule has 4 heavy (non-hydrogen) atoms.